The van der Waals surface area contributed by atoms with E-state index in [1.165, 1.54) is 12.8 Å². The zero-order valence-corrected chi connectivity index (χ0v) is 10.1. The van der Waals surface area contributed by atoms with Crippen molar-refractivity contribution in [1.82, 2.24) is 9.80 Å². The first kappa shape index (κ1) is 10.9. The Bertz CT molecular complexity index is 250. The molecular formula is C12H22N2O. The molecule has 3 heteroatoms. The molecule has 0 aliphatic heterocycles. The molecule has 2 atom stereocenters. The Morgan fingerprint density at radius 3 is 2.33 bits per heavy atom. The quantitative estimate of drug-likeness (QED) is 0.680. The van der Waals surface area contributed by atoms with Crippen molar-refractivity contribution >= 4 is 5.91 Å². The van der Waals surface area contributed by atoms with Gasteiger partial charge in [-0.25, -0.2) is 0 Å². The zero-order chi connectivity index (χ0) is 11.0. The van der Waals surface area contributed by atoms with Gasteiger partial charge in [0.2, 0.25) is 5.91 Å². The van der Waals surface area contributed by atoms with E-state index in [-0.39, 0.29) is 0 Å². The van der Waals surface area contributed by atoms with Gasteiger partial charge in [0.05, 0.1) is 0 Å². The Kier molecular flexibility index (Phi) is 3.01. The lowest BCUT2D eigenvalue weighted by atomic mass is 10.3. The minimum absolute atomic E-state index is 0.334. The van der Waals surface area contributed by atoms with Crippen molar-refractivity contribution in [2.75, 3.05) is 27.2 Å². The molecule has 2 saturated carbocycles. The molecule has 1 amide bonds. The molecule has 0 spiro atoms. The summed E-state index contributed by atoms with van der Waals surface area (Å²) in [5, 5.41) is 0. The summed E-state index contributed by atoms with van der Waals surface area (Å²) in [5.41, 5.74) is 0. The van der Waals surface area contributed by atoms with E-state index in [9.17, 15) is 4.79 Å². The number of amides is 1. The van der Waals surface area contributed by atoms with Gasteiger partial charge in [-0.15, -0.1) is 0 Å². The SMILES string of the molecule is C[C@@H]1C[C@H]1C(=O)N(C)CCN(C)C1CC1. The van der Waals surface area contributed by atoms with Crippen LogP contribution in [0.25, 0.3) is 0 Å². The molecule has 0 aromatic carbocycles. The van der Waals surface area contributed by atoms with Gasteiger partial charge in [-0.05, 0) is 32.2 Å². The van der Waals surface area contributed by atoms with Crippen LogP contribution in [0.4, 0.5) is 0 Å². The first-order chi connectivity index (χ1) is 7.09. The molecule has 2 rings (SSSR count). The van der Waals surface area contributed by atoms with E-state index in [2.05, 4.69) is 18.9 Å². The maximum Gasteiger partial charge on any atom is 0.225 e. The van der Waals surface area contributed by atoms with E-state index in [4.69, 9.17) is 0 Å². The van der Waals surface area contributed by atoms with Gasteiger partial charge in [0.15, 0.2) is 0 Å². The van der Waals surface area contributed by atoms with Gasteiger partial charge in [-0.2, -0.15) is 0 Å². The Balaban J connectivity index is 1.67. The van der Waals surface area contributed by atoms with Crippen LogP contribution in [-0.2, 0) is 4.79 Å². The van der Waals surface area contributed by atoms with Crippen molar-refractivity contribution in [2.24, 2.45) is 11.8 Å². The molecule has 3 nitrogen and oxygen atoms in total. The van der Waals surface area contributed by atoms with Crippen LogP contribution < -0.4 is 0 Å². The second kappa shape index (κ2) is 4.12. The summed E-state index contributed by atoms with van der Waals surface area (Å²) in [6, 6.07) is 0.799. The molecule has 15 heavy (non-hydrogen) atoms. The molecule has 0 aromatic heterocycles. The molecule has 0 saturated heterocycles. The monoisotopic (exact) mass is 210 g/mol. The number of likely N-dealkylation sites (N-methyl/N-ethyl adjacent to an activating group) is 2. The van der Waals surface area contributed by atoms with Gasteiger partial charge >= 0.3 is 0 Å². The number of carbonyl (C=O) groups excluding carboxylic acids is 1. The molecule has 2 aliphatic rings. The lowest BCUT2D eigenvalue weighted by molar-refractivity contribution is -0.131. The van der Waals surface area contributed by atoms with Crippen molar-refractivity contribution in [1.29, 1.82) is 0 Å². The molecule has 0 bridgehead atoms. The maximum absolute atomic E-state index is 11.8. The van der Waals surface area contributed by atoms with Gasteiger partial charge in [0.1, 0.15) is 0 Å². The van der Waals surface area contributed by atoms with Gasteiger partial charge < -0.3 is 9.80 Å². The van der Waals surface area contributed by atoms with Crippen LogP contribution in [-0.4, -0.2) is 48.9 Å². The van der Waals surface area contributed by atoms with Crippen LogP contribution in [0.5, 0.6) is 0 Å². The fourth-order valence-electron chi connectivity index (χ4n) is 2.07. The van der Waals surface area contributed by atoms with Crippen molar-refractivity contribution in [3.8, 4) is 0 Å². The van der Waals surface area contributed by atoms with Crippen LogP contribution in [0, 0.1) is 11.8 Å². The molecule has 86 valence electrons. The zero-order valence-electron chi connectivity index (χ0n) is 10.1. The third kappa shape index (κ3) is 2.71. The minimum atomic E-state index is 0.334. The normalized spacial score (nSPS) is 29.3. The van der Waals surface area contributed by atoms with E-state index >= 15 is 0 Å². The van der Waals surface area contributed by atoms with Crippen LogP contribution in [0.2, 0.25) is 0 Å². The number of nitrogens with zero attached hydrogens (tertiary/aromatic N) is 2. The van der Waals surface area contributed by atoms with Crippen molar-refractivity contribution < 1.29 is 4.79 Å². The van der Waals surface area contributed by atoms with Crippen LogP contribution in [0.1, 0.15) is 26.2 Å². The second-order valence-corrected chi connectivity index (χ2v) is 5.29. The third-order valence-corrected chi connectivity index (χ3v) is 3.76. The average Bonchev–Trinajstić information content (AvgIpc) is 3.05. The highest BCUT2D eigenvalue weighted by Gasteiger charge is 2.40. The Morgan fingerprint density at radius 2 is 1.87 bits per heavy atom. The highest BCUT2D eigenvalue weighted by molar-refractivity contribution is 5.81. The molecule has 0 radical (unpaired) electrons. The lowest BCUT2D eigenvalue weighted by Gasteiger charge is -2.22. The van der Waals surface area contributed by atoms with E-state index in [0.717, 1.165) is 25.6 Å². The summed E-state index contributed by atoms with van der Waals surface area (Å²) in [7, 11) is 4.10. The highest BCUT2D eigenvalue weighted by Crippen LogP contribution is 2.38. The molecule has 2 fully saturated rings. The average molecular weight is 210 g/mol. The van der Waals surface area contributed by atoms with Crippen molar-refractivity contribution in [3.05, 3.63) is 0 Å². The maximum atomic E-state index is 11.8. The van der Waals surface area contributed by atoms with Crippen LogP contribution >= 0.6 is 0 Å². The summed E-state index contributed by atoms with van der Waals surface area (Å²) >= 11 is 0. The first-order valence-corrected chi connectivity index (χ1v) is 6.05. The van der Waals surface area contributed by atoms with Gasteiger partial charge in [0.25, 0.3) is 0 Å². The summed E-state index contributed by atoms with van der Waals surface area (Å²) < 4.78 is 0. The lowest BCUT2D eigenvalue weighted by Crippen LogP contribution is -2.36. The standard InChI is InChI=1S/C12H22N2O/c1-9-8-11(9)12(15)14(3)7-6-13(2)10-4-5-10/h9-11H,4-8H2,1-3H3/t9-,11-/m1/s1. The Labute approximate surface area is 92.4 Å². The van der Waals surface area contributed by atoms with E-state index in [0.29, 0.717) is 17.7 Å². The van der Waals surface area contributed by atoms with Crippen molar-refractivity contribution in [3.63, 3.8) is 0 Å². The van der Waals surface area contributed by atoms with Crippen LogP contribution in [0.15, 0.2) is 0 Å². The largest absolute Gasteiger partial charge is 0.344 e. The summed E-state index contributed by atoms with van der Waals surface area (Å²) in [4.78, 5) is 16.1. The highest BCUT2D eigenvalue weighted by atomic mass is 16.2. The van der Waals surface area contributed by atoms with E-state index in [1.54, 1.807) is 0 Å². The Hall–Kier alpha value is -0.570. The topological polar surface area (TPSA) is 23.6 Å². The number of carbonyl (C=O) groups is 1. The Morgan fingerprint density at radius 1 is 1.27 bits per heavy atom. The summed E-state index contributed by atoms with van der Waals surface area (Å²) in [6.07, 6.45) is 3.78. The van der Waals surface area contributed by atoms with Crippen molar-refractivity contribution in [2.45, 2.75) is 32.2 Å². The molecular weight excluding hydrogens is 188 g/mol. The molecule has 0 heterocycles. The smallest absolute Gasteiger partial charge is 0.225 e. The van der Waals surface area contributed by atoms with Gasteiger partial charge in [-0.3, -0.25) is 4.79 Å². The predicted octanol–water partition coefficient (Wildman–Crippen LogP) is 1.19. The fourth-order valence-corrected chi connectivity index (χ4v) is 2.07. The fraction of sp³-hybridized carbons (Fsp3) is 0.917. The van der Waals surface area contributed by atoms with Crippen LogP contribution in [0.3, 0.4) is 0 Å². The summed E-state index contributed by atoms with van der Waals surface area (Å²) in [6.45, 7) is 4.07. The second-order valence-electron chi connectivity index (χ2n) is 5.29. The number of hydrogen-bond donors (Lipinski definition) is 0. The summed E-state index contributed by atoms with van der Waals surface area (Å²) in [5.74, 6) is 1.31. The minimum Gasteiger partial charge on any atom is -0.344 e. The molecule has 0 aromatic rings. The number of hydrogen-bond acceptors (Lipinski definition) is 2. The third-order valence-electron chi connectivity index (χ3n) is 3.76. The first-order valence-electron chi connectivity index (χ1n) is 6.05. The number of rotatable bonds is 5. The van der Waals surface area contributed by atoms with E-state index in [1.807, 2.05) is 11.9 Å². The molecule has 0 unspecified atom stereocenters. The predicted molar refractivity (Wildman–Crippen MR) is 60.6 cm³/mol. The molecule has 2 aliphatic carbocycles. The van der Waals surface area contributed by atoms with Gasteiger partial charge in [-0.1, -0.05) is 6.92 Å². The van der Waals surface area contributed by atoms with Gasteiger partial charge in [0, 0.05) is 32.1 Å². The molecule has 0 N–H and O–H groups in total. The van der Waals surface area contributed by atoms with E-state index < -0.39 is 0 Å².